The molecule has 0 aliphatic carbocycles. The molecule has 0 saturated carbocycles. The Hall–Kier alpha value is -3.52. The Bertz CT molecular complexity index is 1720. The van der Waals surface area contributed by atoms with Gasteiger partial charge in [-0.15, -0.1) is 0 Å². The molecule has 0 radical (unpaired) electrons. The number of nitrogens with zero attached hydrogens (tertiary/aromatic N) is 1. The second kappa shape index (κ2) is 7.50. The highest BCUT2D eigenvalue weighted by atomic mass is 32.2. The van der Waals surface area contributed by atoms with Gasteiger partial charge in [0.15, 0.2) is 7.14 Å². The maximum Gasteiger partial charge on any atom is 0.173 e. The van der Waals surface area contributed by atoms with Gasteiger partial charge in [0.25, 0.3) is 0 Å². The van der Waals surface area contributed by atoms with E-state index >= 15 is 0 Å². The van der Waals surface area contributed by atoms with Crippen molar-refractivity contribution in [2.45, 2.75) is 9.79 Å². The van der Waals surface area contributed by atoms with Crippen LogP contribution in [0.4, 0.5) is 0 Å². The summed E-state index contributed by atoms with van der Waals surface area (Å²) in [6, 6.07) is 41.6. The SMILES string of the molecule is O=P1(c2ccccc2)c2ccccc2Sc2cc(-n3c4ccccc4c4ccccc43)ccc21. The summed E-state index contributed by atoms with van der Waals surface area (Å²) < 4.78 is 17.2. The maximum absolute atomic E-state index is 14.9. The molecule has 4 heteroatoms. The van der Waals surface area contributed by atoms with Gasteiger partial charge in [-0.25, -0.2) is 0 Å². The van der Waals surface area contributed by atoms with Crippen molar-refractivity contribution >= 4 is 56.6 Å². The highest BCUT2D eigenvalue weighted by molar-refractivity contribution is 8.02. The summed E-state index contributed by atoms with van der Waals surface area (Å²) in [6.45, 7) is 0. The van der Waals surface area contributed by atoms with E-state index in [2.05, 4.69) is 77.4 Å². The standard InChI is InChI=1S/C30H20NOPS/c32-33(22-10-2-1-3-11-22)27-16-8-9-17-29(27)34-30-20-21(18-19-28(30)33)31-25-14-6-4-12-23(25)24-13-5-7-15-26(24)31/h1-20H. The zero-order valence-corrected chi connectivity index (χ0v) is 20.0. The normalized spacial score (nSPS) is 16.9. The third-order valence-corrected chi connectivity index (χ3v) is 11.3. The van der Waals surface area contributed by atoms with Crippen molar-refractivity contribution in [2.24, 2.45) is 0 Å². The molecule has 7 rings (SSSR count). The van der Waals surface area contributed by atoms with Crippen LogP contribution in [0.1, 0.15) is 0 Å². The number of aromatic nitrogens is 1. The molecule has 5 aromatic carbocycles. The van der Waals surface area contributed by atoms with Gasteiger partial charge in [-0.1, -0.05) is 90.6 Å². The monoisotopic (exact) mass is 473 g/mol. The second-order valence-electron chi connectivity index (χ2n) is 8.54. The lowest BCUT2D eigenvalue weighted by atomic mass is 10.2. The van der Waals surface area contributed by atoms with Gasteiger partial charge < -0.3 is 9.13 Å². The highest BCUT2D eigenvalue weighted by Crippen LogP contribution is 2.52. The first-order valence-electron chi connectivity index (χ1n) is 11.3. The molecular weight excluding hydrogens is 453 g/mol. The summed E-state index contributed by atoms with van der Waals surface area (Å²) in [4.78, 5) is 2.13. The van der Waals surface area contributed by atoms with Gasteiger partial charge in [-0.2, -0.15) is 0 Å². The van der Waals surface area contributed by atoms with Crippen LogP contribution in [0.3, 0.4) is 0 Å². The van der Waals surface area contributed by atoms with Gasteiger partial charge in [0, 0.05) is 42.2 Å². The fourth-order valence-electron chi connectivity index (χ4n) is 5.15. The van der Waals surface area contributed by atoms with Gasteiger partial charge in [0.2, 0.25) is 0 Å². The maximum atomic E-state index is 14.9. The van der Waals surface area contributed by atoms with Crippen molar-refractivity contribution in [2.75, 3.05) is 0 Å². The molecule has 1 atom stereocenters. The second-order valence-corrected chi connectivity index (χ2v) is 12.3. The first-order valence-corrected chi connectivity index (χ1v) is 13.8. The zero-order valence-electron chi connectivity index (χ0n) is 18.3. The molecule has 0 bridgehead atoms. The first kappa shape index (κ1) is 19.9. The molecular formula is C30H20NOPS. The molecule has 2 nitrogen and oxygen atoms in total. The van der Waals surface area contributed by atoms with E-state index in [1.165, 1.54) is 21.8 Å². The summed E-state index contributed by atoms with van der Waals surface area (Å²) in [5.74, 6) is 0. The van der Waals surface area contributed by atoms with Crippen molar-refractivity contribution in [1.29, 1.82) is 0 Å². The number of benzene rings is 5. The fraction of sp³-hybridized carbons (Fsp3) is 0. The molecule has 0 fully saturated rings. The number of hydrogen-bond donors (Lipinski definition) is 0. The number of rotatable bonds is 2. The average Bonchev–Trinajstić information content (AvgIpc) is 3.23. The van der Waals surface area contributed by atoms with Crippen LogP contribution in [0.15, 0.2) is 131 Å². The molecule has 1 aromatic heterocycles. The van der Waals surface area contributed by atoms with Crippen LogP contribution in [0.2, 0.25) is 0 Å². The van der Waals surface area contributed by atoms with Crippen LogP contribution >= 0.6 is 18.9 Å². The quantitative estimate of drug-likeness (QED) is 0.255. The van der Waals surface area contributed by atoms with Crippen molar-refractivity contribution in [3.63, 3.8) is 0 Å². The lowest BCUT2D eigenvalue weighted by Gasteiger charge is -2.29. The Morgan fingerprint density at radius 2 is 1.15 bits per heavy atom. The number of fused-ring (bicyclic) bond motifs is 5. The Morgan fingerprint density at radius 3 is 1.88 bits per heavy atom. The minimum atomic E-state index is -2.97. The van der Waals surface area contributed by atoms with Gasteiger partial charge in [-0.05, 0) is 42.5 Å². The summed E-state index contributed by atoms with van der Waals surface area (Å²) in [5, 5.41) is 5.22. The minimum Gasteiger partial charge on any atom is -0.309 e. The van der Waals surface area contributed by atoms with Crippen LogP contribution < -0.4 is 15.9 Å². The van der Waals surface area contributed by atoms with E-state index < -0.39 is 7.14 Å². The van der Waals surface area contributed by atoms with Gasteiger partial charge >= 0.3 is 0 Å². The first-order chi connectivity index (χ1) is 16.7. The van der Waals surface area contributed by atoms with Crippen molar-refractivity contribution in [3.05, 3.63) is 121 Å². The van der Waals surface area contributed by atoms with E-state index in [0.717, 1.165) is 31.4 Å². The van der Waals surface area contributed by atoms with E-state index in [0.29, 0.717) is 0 Å². The predicted molar refractivity (Wildman–Crippen MR) is 144 cm³/mol. The molecule has 34 heavy (non-hydrogen) atoms. The Balaban J connectivity index is 1.51. The zero-order chi connectivity index (χ0) is 22.7. The van der Waals surface area contributed by atoms with Gasteiger partial charge in [-0.3, -0.25) is 0 Å². The number of hydrogen-bond acceptors (Lipinski definition) is 2. The topological polar surface area (TPSA) is 22.0 Å². The number of para-hydroxylation sites is 2. The highest BCUT2D eigenvalue weighted by Gasteiger charge is 2.37. The molecule has 162 valence electrons. The molecule has 2 heterocycles. The molecule has 1 aliphatic heterocycles. The summed E-state index contributed by atoms with van der Waals surface area (Å²) in [5.41, 5.74) is 3.44. The Kier molecular flexibility index (Phi) is 4.39. The van der Waals surface area contributed by atoms with Crippen molar-refractivity contribution in [1.82, 2.24) is 4.57 Å². The van der Waals surface area contributed by atoms with E-state index in [-0.39, 0.29) is 0 Å². The lowest BCUT2D eigenvalue weighted by Crippen LogP contribution is -2.30. The van der Waals surface area contributed by atoms with Crippen LogP contribution in [-0.2, 0) is 4.57 Å². The lowest BCUT2D eigenvalue weighted by molar-refractivity contribution is 0.591. The van der Waals surface area contributed by atoms with Crippen molar-refractivity contribution in [3.8, 4) is 5.69 Å². The average molecular weight is 474 g/mol. The van der Waals surface area contributed by atoms with Crippen molar-refractivity contribution < 1.29 is 4.57 Å². The molecule has 1 aliphatic rings. The van der Waals surface area contributed by atoms with E-state index in [9.17, 15) is 4.57 Å². The predicted octanol–water partition coefficient (Wildman–Crippen LogP) is 6.89. The summed E-state index contributed by atoms with van der Waals surface area (Å²) >= 11 is 1.72. The largest absolute Gasteiger partial charge is 0.309 e. The van der Waals surface area contributed by atoms with E-state index in [4.69, 9.17) is 0 Å². The Labute approximate surface area is 202 Å². The molecule has 0 amide bonds. The summed E-state index contributed by atoms with van der Waals surface area (Å²) in [7, 11) is -2.97. The minimum absolute atomic E-state index is 0.883. The van der Waals surface area contributed by atoms with Gasteiger partial charge in [0.1, 0.15) is 0 Å². The molecule has 6 aromatic rings. The van der Waals surface area contributed by atoms with Gasteiger partial charge in [0.05, 0.1) is 11.0 Å². The third kappa shape index (κ3) is 2.75. The molecule has 0 spiro atoms. The molecule has 0 saturated heterocycles. The Morgan fingerprint density at radius 1 is 0.559 bits per heavy atom. The van der Waals surface area contributed by atoms with Crippen LogP contribution in [0, 0.1) is 0 Å². The fourth-order valence-corrected chi connectivity index (χ4v) is 9.85. The smallest absolute Gasteiger partial charge is 0.173 e. The molecule has 1 unspecified atom stereocenters. The van der Waals surface area contributed by atoms with E-state index in [1.54, 1.807) is 11.8 Å². The summed E-state index contributed by atoms with van der Waals surface area (Å²) in [6.07, 6.45) is 0. The van der Waals surface area contributed by atoms with Crippen LogP contribution in [-0.4, -0.2) is 4.57 Å². The van der Waals surface area contributed by atoms with E-state index in [1.807, 2.05) is 48.5 Å². The third-order valence-electron chi connectivity index (χ3n) is 6.67. The van der Waals surface area contributed by atoms with Crippen LogP contribution in [0.5, 0.6) is 0 Å². The van der Waals surface area contributed by atoms with Crippen LogP contribution in [0.25, 0.3) is 27.5 Å². The molecule has 0 N–H and O–H groups in total.